The predicted molar refractivity (Wildman–Crippen MR) is 80.0 cm³/mol. The molecule has 2 aromatic carbocycles. The number of carboxylic acid groups (broad SMARTS) is 1. The summed E-state index contributed by atoms with van der Waals surface area (Å²) in [6.45, 7) is 0. The Morgan fingerprint density at radius 1 is 1.00 bits per heavy atom. The first-order valence-corrected chi connectivity index (χ1v) is 6.46. The highest BCUT2D eigenvalue weighted by atomic mass is 16.4. The van der Waals surface area contributed by atoms with Crippen LogP contribution in [0.4, 0.5) is 0 Å². The minimum atomic E-state index is -1.04. The van der Waals surface area contributed by atoms with Crippen molar-refractivity contribution < 1.29 is 9.90 Å². The van der Waals surface area contributed by atoms with Gasteiger partial charge in [-0.1, -0.05) is 36.4 Å². The van der Waals surface area contributed by atoms with Crippen molar-refractivity contribution in [1.29, 1.82) is 0 Å². The van der Waals surface area contributed by atoms with E-state index in [2.05, 4.69) is 4.98 Å². The molecule has 0 saturated carbocycles. The summed E-state index contributed by atoms with van der Waals surface area (Å²) in [4.78, 5) is 26.9. The Labute approximate surface area is 118 Å². The lowest BCUT2D eigenvalue weighted by molar-refractivity contribution is 0.0701. The van der Waals surface area contributed by atoms with Crippen LogP contribution in [0.1, 0.15) is 10.4 Å². The van der Waals surface area contributed by atoms with Gasteiger partial charge in [-0.25, -0.2) is 9.59 Å². The Morgan fingerprint density at radius 2 is 1.67 bits per heavy atom. The topological polar surface area (TPSA) is 74.6 Å². The Morgan fingerprint density at radius 3 is 2.43 bits per heavy atom. The molecule has 0 unspecified atom stereocenters. The summed E-state index contributed by atoms with van der Waals surface area (Å²) in [6.07, 6.45) is 0. The largest absolute Gasteiger partial charge is 0.478 e. The van der Waals surface area contributed by atoms with Crippen LogP contribution in [0.15, 0.2) is 53.3 Å². The van der Waals surface area contributed by atoms with E-state index in [9.17, 15) is 14.7 Å². The second-order valence-corrected chi connectivity index (χ2v) is 4.86. The molecule has 5 nitrogen and oxygen atoms in total. The number of hydrogen-bond donors (Lipinski definition) is 2. The van der Waals surface area contributed by atoms with Crippen LogP contribution in [0.3, 0.4) is 0 Å². The average Bonchev–Trinajstić information content (AvgIpc) is 2.83. The van der Waals surface area contributed by atoms with Gasteiger partial charge in [-0.15, -0.1) is 0 Å². The summed E-state index contributed by atoms with van der Waals surface area (Å²) >= 11 is 0. The monoisotopic (exact) mass is 278 g/mol. The number of H-pyrrole nitrogens is 1. The van der Waals surface area contributed by atoms with Gasteiger partial charge in [-0.05, 0) is 12.1 Å². The zero-order valence-corrected chi connectivity index (χ0v) is 10.8. The van der Waals surface area contributed by atoms with Crippen molar-refractivity contribution in [3.63, 3.8) is 0 Å². The van der Waals surface area contributed by atoms with Gasteiger partial charge in [-0.2, -0.15) is 0 Å². The lowest BCUT2D eigenvalue weighted by Crippen LogP contribution is -2.16. The molecule has 0 aliphatic heterocycles. The highest BCUT2D eigenvalue weighted by Gasteiger charge is 2.20. The minimum Gasteiger partial charge on any atom is -0.478 e. The van der Waals surface area contributed by atoms with Gasteiger partial charge in [0.2, 0.25) is 0 Å². The Hall–Kier alpha value is -3.08. The number of fused-ring (bicyclic) bond motifs is 5. The van der Waals surface area contributed by atoms with E-state index in [-0.39, 0.29) is 11.3 Å². The van der Waals surface area contributed by atoms with Crippen LogP contribution < -0.4 is 5.69 Å². The third kappa shape index (κ3) is 1.45. The normalized spacial score (nSPS) is 11.4. The fraction of sp³-hybridized carbons (Fsp3) is 0. The molecule has 2 N–H and O–H groups in total. The number of carbonyl (C=O) groups is 1. The molecule has 0 aliphatic rings. The molecule has 0 radical (unpaired) electrons. The molecule has 0 spiro atoms. The number of nitrogens with zero attached hydrogens (tertiary/aromatic N) is 1. The van der Waals surface area contributed by atoms with Gasteiger partial charge >= 0.3 is 11.7 Å². The maximum atomic E-state index is 12.4. The van der Waals surface area contributed by atoms with Gasteiger partial charge in [-0.3, -0.25) is 4.40 Å². The van der Waals surface area contributed by atoms with Crippen LogP contribution in [-0.2, 0) is 0 Å². The van der Waals surface area contributed by atoms with Crippen LogP contribution >= 0.6 is 0 Å². The second-order valence-electron chi connectivity index (χ2n) is 4.86. The standard InChI is InChI=1S/C16H10N2O3/c19-15(20)13-10-6-2-4-8-12(10)18-14(13)9-5-1-3-7-11(9)17-16(18)21/h1-8H,(H,17,21)(H,19,20). The predicted octanol–water partition coefficient (Wildman–Crippen LogP) is 2.63. The van der Waals surface area contributed by atoms with Crippen LogP contribution in [0, 0.1) is 0 Å². The number of aromatic carboxylic acids is 1. The molecule has 0 bridgehead atoms. The van der Waals surface area contributed by atoms with Crippen LogP contribution in [0.2, 0.25) is 0 Å². The van der Waals surface area contributed by atoms with Crippen molar-refractivity contribution in [2.45, 2.75) is 0 Å². The highest BCUT2D eigenvalue weighted by Crippen LogP contribution is 2.29. The second kappa shape index (κ2) is 3.96. The molecule has 2 aromatic heterocycles. The fourth-order valence-electron chi connectivity index (χ4n) is 2.89. The van der Waals surface area contributed by atoms with Crippen LogP contribution in [0.5, 0.6) is 0 Å². The van der Waals surface area contributed by atoms with E-state index >= 15 is 0 Å². The molecule has 0 aliphatic carbocycles. The number of rotatable bonds is 1. The molecule has 4 aromatic rings. The van der Waals surface area contributed by atoms with E-state index in [1.807, 2.05) is 12.1 Å². The molecule has 4 rings (SSSR count). The highest BCUT2D eigenvalue weighted by molar-refractivity contribution is 6.16. The smallest absolute Gasteiger partial charge is 0.338 e. The third-order valence-electron chi connectivity index (χ3n) is 3.72. The average molecular weight is 278 g/mol. The van der Waals surface area contributed by atoms with E-state index in [4.69, 9.17) is 0 Å². The molecule has 0 atom stereocenters. The van der Waals surface area contributed by atoms with E-state index in [0.717, 1.165) is 0 Å². The fourth-order valence-corrected chi connectivity index (χ4v) is 2.89. The Bertz CT molecular complexity index is 1090. The minimum absolute atomic E-state index is 0.160. The maximum absolute atomic E-state index is 12.4. The SMILES string of the molecule is O=C(O)c1c2ccccc2n2c(=O)[nH]c3ccccc3c12. The molecule has 102 valence electrons. The van der Waals surface area contributed by atoms with Crippen molar-refractivity contribution in [3.05, 3.63) is 64.6 Å². The number of para-hydroxylation sites is 2. The zero-order chi connectivity index (χ0) is 14.6. The quantitative estimate of drug-likeness (QED) is 0.562. The molecule has 0 amide bonds. The summed E-state index contributed by atoms with van der Waals surface area (Å²) in [5.74, 6) is -1.04. The van der Waals surface area contributed by atoms with Gasteiger partial charge < -0.3 is 10.1 Å². The molecule has 2 heterocycles. The van der Waals surface area contributed by atoms with Gasteiger partial charge in [0.1, 0.15) is 0 Å². The van der Waals surface area contributed by atoms with Gasteiger partial charge in [0.25, 0.3) is 0 Å². The van der Waals surface area contributed by atoms with Crippen LogP contribution in [0.25, 0.3) is 27.3 Å². The summed E-state index contributed by atoms with van der Waals surface area (Å²) < 4.78 is 1.43. The molecule has 0 fully saturated rings. The van der Waals surface area contributed by atoms with Crippen molar-refractivity contribution >= 4 is 33.3 Å². The zero-order valence-electron chi connectivity index (χ0n) is 10.8. The molecular weight excluding hydrogens is 268 g/mol. The lowest BCUT2D eigenvalue weighted by Gasteiger charge is -2.02. The van der Waals surface area contributed by atoms with Crippen molar-refractivity contribution in [1.82, 2.24) is 9.38 Å². The van der Waals surface area contributed by atoms with Crippen molar-refractivity contribution in [3.8, 4) is 0 Å². The van der Waals surface area contributed by atoms with Crippen LogP contribution in [-0.4, -0.2) is 20.5 Å². The number of hydrogen-bond acceptors (Lipinski definition) is 2. The lowest BCUT2D eigenvalue weighted by atomic mass is 10.1. The molecule has 5 heteroatoms. The molecular formula is C16H10N2O3. The van der Waals surface area contributed by atoms with Gasteiger partial charge in [0.15, 0.2) is 0 Å². The Kier molecular flexibility index (Phi) is 2.21. The number of benzene rings is 2. The van der Waals surface area contributed by atoms with E-state index < -0.39 is 5.97 Å². The van der Waals surface area contributed by atoms with Crippen molar-refractivity contribution in [2.24, 2.45) is 0 Å². The van der Waals surface area contributed by atoms with E-state index in [1.165, 1.54) is 4.40 Å². The first kappa shape index (κ1) is 11.7. The molecule has 0 saturated heterocycles. The molecule has 21 heavy (non-hydrogen) atoms. The van der Waals surface area contributed by atoms with E-state index in [0.29, 0.717) is 27.3 Å². The first-order chi connectivity index (χ1) is 10.2. The summed E-state index contributed by atoms with van der Waals surface area (Å²) in [6, 6.07) is 14.2. The van der Waals surface area contributed by atoms with Gasteiger partial charge in [0, 0.05) is 10.8 Å². The third-order valence-corrected chi connectivity index (χ3v) is 3.72. The summed E-state index contributed by atoms with van der Waals surface area (Å²) in [5, 5.41) is 10.9. The first-order valence-electron chi connectivity index (χ1n) is 6.46. The number of aromatic amines is 1. The maximum Gasteiger partial charge on any atom is 0.338 e. The van der Waals surface area contributed by atoms with E-state index in [1.54, 1.807) is 36.4 Å². The van der Waals surface area contributed by atoms with Gasteiger partial charge in [0.05, 0.1) is 22.1 Å². The number of nitrogens with one attached hydrogen (secondary N) is 1. The number of carboxylic acids is 1. The number of aromatic nitrogens is 2. The summed E-state index contributed by atoms with van der Waals surface area (Å²) in [7, 11) is 0. The van der Waals surface area contributed by atoms with Crippen molar-refractivity contribution in [2.75, 3.05) is 0 Å². The summed E-state index contributed by atoms with van der Waals surface area (Å²) in [5.41, 5.74) is 1.47. The Balaban J connectivity index is 2.47.